The lowest BCUT2D eigenvalue weighted by Gasteiger charge is -2.12. The summed E-state index contributed by atoms with van der Waals surface area (Å²) < 4.78 is 0. The van der Waals surface area contributed by atoms with Crippen LogP contribution in [0.15, 0.2) is 55.9 Å². The largest absolute Gasteiger partial charge is 0.404 e. The molecule has 22 heavy (non-hydrogen) atoms. The molecule has 0 heterocycles. The molecule has 0 atom stereocenters. The van der Waals surface area contributed by atoms with Crippen molar-refractivity contribution in [1.82, 2.24) is 5.32 Å². The third-order valence-electron chi connectivity index (χ3n) is 2.92. The van der Waals surface area contributed by atoms with Crippen molar-refractivity contribution in [3.05, 3.63) is 41.6 Å². The van der Waals surface area contributed by atoms with E-state index in [0.717, 1.165) is 23.4 Å². The van der Waals surface area contributed by atoms with E-state index >= 15 is 0 Å². The van der Waals surface area contributed by atoms with E-state index in [1.165, 1.54) is 6.20 Å². The number of nitrogens with two attached hydrogens (primary N) is 1. The van der Waals surface area contributed by atoms with E-state index in [9.17, 15) is 0 Å². The monoisotopic (exact) mass is 317 g/mol. The number of thiol groups is 1. The molecule has 0 unspecified atom stereocenters. The highest BCUT2D eigenvalue weighted by Crippen LogP contribution is 2.10. The van der Waals surface area contributed by atoms with Crippen LogP contribution in [0.4, 0.5) is 0 Å². The molecule has 0 saturated heterocycles. The van der Waals surface area contributed by atoms with Crippen molar-refractivity contribution in [1.29, 1.82) is 0 Å². The van der Waals surface area contributed by atoms with Crippen LogP contribution < -0.4 is 11.1 Å². The number of benzene rings is 1. The smallest absolute Gasteiger partial charge is 0.158 e. The summed E-state index contributed by atoms with van der Waals surface area (Å²) in [6.45, 7) is 6.93. The molecular formula is C16H23N5S. The predicted octanol–water partition coefficient (Wildman–Crippen LogP) is 2.44. The first-order valence-electron chi connectivity index (χ1n) is 7.08. The minimum Gasteiger partial charge on any atom is -0.404 e. The Balaban J connectivity index is 3.02. The molecule has 118 valence electrons. The van der Waals surface area contributed by atoms with Crippen LogP contribution in [-0.2, 0) is 6.54 Å². The number of amidine groups is 2. The number of aliphatic imine (C=N–C) groups is 3. The van der Waals surface area contributed by atoms with Gasteiger partial charge in [-0.1, -0.05) is 19.1 Å². The fourth-order valence-electron chi connectivity index (χ4n) is 1.79. The fraction of sp³-hybridized carbons (Fsp3) is 0.312. The summed E-state index contributed by atoms with van der Waals surface area (Å²) in [7, 11) is 1.65. The van der Waals surface area contributed by atoms with E-state index in [2.05, 4.69) is 46.6 Å². The van der Waals surface area contributed by atoms with Gasteiger partial charge in [0.15, 0.2) is 5.84 Å². The van der Waals surface area contributed by atoms with Gasteiger partial charge in [-0.25, -0.2) is 4.99 Å². The molecule has 1 aromatic carbocycles. The van der Waals surface area contributed by atoms with Gasteiger partial charge in [0, 0.05) is 24.7 Å². The number of nitrogens with one attached hydrogen (secondary N) is 1. The molecule has 0 aromatic heterocycles. The topological polar surface area (TPSA) is 75.1 Å². The first kappa shape index (κ1) is 18.0. The Hall–Kier alpha value is -2.08. The fourth-order valence-corrected chi connectivity index (χ4v) is 1.94. The lowest BCUT2D eigenvalue weighted by molar-refractivity contribution is 0.832. The van der Waals surface area contributed by atoms with Crippen LogP contribution in [0, 0.1) is 0 Å². The maximum Gasteiger partial charge on any atom is 0.158 e. The molecule has 0 saturated carbocycles. The Morgan fingerprint density at radius 2 is 2.05 bits per heavy atom. The Kier molecular flexibility index (Phi) is 7.99. The van der Waals surface area contributed by atoms with Crippen molar-refractivity contribution in [3.63, 3.8) is 0 Å². The van der Waals surface area contributed by atoms with Gasteiger partial charge in [0.1, 0.15) is 5.84 Å². The molecule has 0 aliphatic heterocycles. The molecule has 5 nitrogen and oxygen atoms in total. The summed E-state index contributed by atoms with van der Waals surface area (Å²) in [4.78, 5) is 13.5. The highest BCUT2D eigenvalue weighted by molar-refractivity contribution is 7.80. The Morgan fingerprint density at radius 1 is 1.36 bits per heavy atom. The van der Waals surface area contributed by atoms with Crippen molar-refractivity contribution in [2.45, 2.75) is 24.8 Å². The molecule has 6 heteroatoms. The molecule has 0 amide bonds. The zero-order valence-electron chi connectivity index (χ0n) is 13.1. The van der Waals surface area contributed by atoms with E-state index < -0.39 is 0 Å². The van der Waals surface area contributed by atoms with Crippen molar-refractivity contribution in [2.75, 3.05) is 13.6 Å². The SMILES string of the molecule is C=NC(=NC)C(=CN)C(=NCc1ccc(S)cc1)NCCC. The van der Waals surface area contributed by atoms with Gasteiger partial charge in [0.25, 0.3) is 0 Å². The van der Waals surface area contributed by atoms with E-state index in [1.54, 1.807) is 7.05 Å². The van der Waals surface area contributed by atoms with Gasteiger partial charge < -0.3 is 11.1 Å². The van der Waals surface area contributed by atoms with E-state index in [4.69, 9.17) is 5.73 Å². The van der Waals surface area contributed by atoms with Crippen LogP contribution in [-0.4, -0.2) is 32.0 Å². The Morgan fingerprint density at radius 3 is 2.55 bits per heavy atom. The number of nitrogens with zero attached hydrogens (tertiary/aromatic N) is 3. The van der Waals surface area contributed by atoms with Crippen molar-refractivity contribution in [2.24, 2.45) is 20.7 Å². The zero-order valence-corrected chi connectivity index (χ0v) is 14.0. The lowest BCUT2D eigenvalue weighted by Crippen LogP contribution is -2.30. The summed E-state index contributed by atoms with van der Waals surface area (Å²) >= 11 is 4.28. The average Bonchev–Trinajstić information content (AvgIpc) is 2.55. The van der Waals surface area contributed by atoms with Gasteiger partial charge in [-0.3, -0.25) is 9.98 Å². The molecule has 3 N–H and O–H groups in total. The summed E-state index contributed by atoms with van der Waals surface area (Å²) in [6, 6.07) is 7.87. The molecule has 1 aromatic rings. The average molecular weight is 317 g/mol. The molecule has 0 radical (unpaired) electrons. The standard InChI is InChI=1S/C16H23N5S/c1-4-9-20-16(14(10-17)15(18-2)19-3)21-11-12-5-7-13(22)8-6-12/h5-8,10,22H,2,4,9,11,17H2,1,3H3,(H,20,21). The maximum atomic E-state index is 5.72. The highest BCUT2D eigenvalue weighted by Gasteiger charge is 2.11. The summed E-state index contributed by atoms with van der Waals surface area (Å²) in [5.74, 6) is 1.14. The predicted molar refractivity (Wildman–Crippen MR) is 98.3 cm³/mol. The van der Waals surface area contributed by atoms with Gasteiger partial charge in [-0.2, -0.15) is 0 Å². The molecule has 0 bridgehead atoms. The molecule has 0 aliphatic rings. The van der Waals surface area contributed by atoms with Crippen LogP contribution in [0.5, 0.6) is 0 Å². The van der Waals surface area contributed by atoms with Crippen LogP contribution in [0.25, 0.3) is 0 Å². The van der Waals surface area contributed by atoms with Gasteiger partial charge >= 0.3 is 0 Å². The molecule has 0 spiro atoms. The second kappa shape index (κ2) is 9.78. The normalized spacial score (nSPS) is 13.1. The maximum absolute atomic E-state index is 5.72. The van der Waals surface area contributed by atoms with E-state index in [1.807, 2.05) is 24.3 Å². The minimum atomic E-state index is 0.468. The van der Waals surface area contributed by atoms with Crippen molar-refractivity contribution >= 4 is 31.0 Å². The highest BCUT2D eigenvalue weighted by atomic mass is 32.1. The van der Waals surface area contributed by atoms with Crippen LogP contribution in [0.1, 0.15) is 18.9 Å². The van der Waals surface area contributed by atoms with Crippen LogP contribution >= 0.6 is 12.6 Å². The summed E-state index contributed by atoms with van der Waals surface area (Å²) in [5, 5.41) is 3.27. The molecule has 0 aliphatic carbocycles. The van der Waals surface area contributed by atoms with Crippen LogP contribution in [0.2, 0.25) is 0 Å². The van der Waals surface area contributed by atoms with E-state index in [-0.39, 0.29) is 0 Å². The third-order valence-corrected chi connectivity index (χ3v) is 3.22. The lowest BCUT2D eigenvalue weighted by atomic mass is 10.2. The van der Waals surface area contributed by atoms with Gasteiger partial charge in [0.2, 0.25) is 0 Å². The zero-order chi connectivity index (χ0) is 16.4. The minimum absolute atomic E-state index is 0.468. The first-order valence-corrected chi connectivity index (χ1v) is 7.53. The van der Waals surface area contributed by atoms with Crippen molar-refractivity contribution in [3.8, 4) is 0 Å². The molecule has 0 fully saturated rings. The Bertz CT molecular complexity index is 573. The van der Waals surface area contributed by atoms with Gasteiger partial charge in [0.05, 0.1) is 12.1 Å². The van der Waals surface area contributed by atoms with Gasteiger partial charge in [-0.15, -0.1) is 12.6 Å². The molecular weight excluding hydrogens is 294 g/mol. The second-order valence-electron chi connectivity index (χ2n) is 4.54. The first-order chi connectivity index (χ1) is 10.7. The number of rotatable bonds is 6. The van der Waals surface area contributed by atoms with E-state index in [0.29, 0.717) is 23.8 Å². The van der Waals surface area contributed by atoms with Crippen LogP contribution in [0.3, 0.4) is 0 Å². The Labute approximate surface area is 137 Å². The second-order valence-corrected chi connectivity index (χ2v) is 5.06. The number of hydrogen-bond acceptors (Lipinski definition) is 4. The third kappa shape index (κ3) is 5.37. The number of hydrogen-bond donors (Lipinski definition) is 3. The quantitative estimate of drug-likeness (QED) is 0.428. The van der Waals surface area contributed by atoms with Gasteiger partial charge in [-0.05, 0) is 30.8 Å². The van der Waals surface area contributed by atoms with Crippen molar-refractivity contribution < 1.29 is 0 Å². The summed E-state index contributed by atoms with van der Waals surface area (Å²) in [5.41, 5.74) is 7.46. The molecule has 1 rings (SSSR count). The summed E-state index contributed by atoms with van der Waals surface area (Å²) in [6.07, 6.45) is 2.43.